The zero-order valence-corrected chi connectivity index (χ0v) is 15.8. The van der Waals surface area contributed by atoms with E-state index in [9.17, 15) is 9.90 Å². The summed E-state index contributed by atoms with van der Waals surface area (Å²) in [5.74, 6) is 0.515. The Hall–Kier alpha value is -0.0700. The second-order valence-corrected chi connectivity index (χ2v) is 6.43. The highest BCUT2D eigenvalue weighted by Crippen LogP contribution is 2.15. The average Bonchev–Trinajstić information content (AvgIpc) is 2.36. The number of hydrogen-bond donors (Lipinski definition) is 2. The van der Waals surface area contributed by atoms with Crippen LogP contribution in [0.2, 0.25) is 0 Å². The molecule has 1 rings (SSSR count). The van der Waals surface area contributed by atoms with E-state index in [-0.39, 0.29) is 42.9 Å². The van der Waals surface area contributed by atoms with Crippen molar-refractivity contribution in [2.45, 2.75) is 58.7 Å². The lowest BCUT2D eigenvalue weighted by molar-refractivity contribution is -0.136. The first-order valence-electron chi connectivity index (χ1n) is 7.81. The number of aliphatic hydroxyl groups excluding tert-OH is 1. The van der Waals surface area contributed by atoms with Crippen LogP contribution < -0.4 is 5.73 Å². The van der Waals surface area contributed by atoms with E-state index < -0.39 is 0 Å². The normalized spacial score (nSPS) is 21.8. The van der Waals surface area contributed by atoms with Gasteiger partial charge in [0.25, 0.3) is 0 Å². The third-order valence-corrected chi connectivity index (χ3v) is 3.93. The SMILES string of the molecule is CCC1CN(C(=O)[C@@H](N)CC(C)C)CCN1CC(C)O.Cl.Cl. The lowest BCUT2D eigenvalue weighted by Crippen LogP contribution is -2.58. The predicted molar refractivity (Wildman–Crippen MR) is 95.8 cm³/mol. The molecule has 1 aliphatic rings. The van der Waals surface area contributed by atoms with Gasteiger partial charge in [-0.2, -0.15) is 0 Å². The van der Waals surface area contributed by atoms with Gasteiger partial charge in [-0.1, -0.05) is 20.8 Å². The fourth-order valence-electron chi connectivity index (χ4n) is 2.90. The zero-order chi connectivity index (χ0) is 15.3. The van der Waals surface area contributed by atoms with Gasteiger partial charge >= 0.3 is 0 Å². The fraction of sp³-hybridized carbons (Fsp3) is 0.933. The Morgan fingerprint density at radius 1 is 1.27 bits per heavy atom. The molecule has 5 nitrogen and oxygen atoms in total. The van der Waals surface area contributed by atoms with E-state index >= 15 is 0 Å². The van der Waals surface area contributed by atoms with Crippen molar-refractivity contribution in [3.05, 3.63) is 0 Å². The van der Waals surface area contributed by atoms with Gasteiger partial charge in [-0.15, -0.1) is 24.8 Å². The van der Waals surface area contributed by atoms with Gasteiger partial charge in [0, 0.05) is 32.2 Å². The van der Waals surface area contributed by atoms with Crippen LogP contribution in [0.1, 0.15) is 40.5 Å². The second-order valence-electron chi connectivity index (χ2n) is 6.43. The Morgan fingerprint density at radius 2 is 1.86 bits per heavy atom. The molecule has 0 bridgehead atoms. The van der Waals surface area contributed by atoms with Gasteiger partial charge in [0.2, 0.25) is 5.91 Å². The molecule has 0 saturated carbocycles. The van der Waals surface area contributed by atoms with Crippen LogP contribution in [0.4, 0.5) is 0 Å². The summed E-state index contributed by atoms with van der Waals surface area (Å²) in [4.78, 5) is 16.5. The van der Waals surface area contributed by atoms with E-state index in [0.717, 1.165) is 25.9 Å². The van der Waals surface area contributed by atoms with E-state index in [4.69, 9.17) is 5.73 Å². The second kappa shape index (κ2) is 11.5. The lowest BCUT2D eigenvalue weighted by atomic mass is 10.0. The van der Waals surface area contributed by atoms with Crippen molar-refractivity contribution >= 4 is 30.7 Å². The molecular weight excluding hydrogens is 325 g/mol. The molecule has 3 N–H and O–H groups in total. The number of carbonyl (C=O) groups is 1. The first kappa shape index (κ1) is 24.2. The Balaban J connectivity index is 0. The molecule has 0 aromatic carbocycles. The van der Waals surface area contributed by atoms with Gasteiger partial charge in [0.05, 0.1) is 12.1 Å². The molecule has 1 saturated heterocycles. The minimum atomic E-state index is -0.379. The van der Waals surface area contributed by atoms with Crippen molar-refractivity contribution in [1.82, 2.24) is 9.80 Å². The zero-order valence-electron chi connectivity index (χ0n) is 14.2. The predicted octanol–water partition coefficient (Wildman–Crippen LogP) is 1.51. The van der Waals surface area contributed by atoms with E-state index in [1.165, 1.54) is 0 Å². The highest BCUT2D eigenvalue weighted by Gasteiger charge is 2.31. The number of amides is 1. The minimum Gasteiger partial charge on any atom is -0.392 e. The molecule has 0 aliphatic carbocycles. The van der Waals surface area contributed by atoms with Gasteiger partial charge < -0.3 is 15.7 Å². The average molecular weight is 358 g/mol. The summed E-state index contributed by atoms with van der Waals surface area (Å²) in [7, 11) is 0. The Bertz CT molecular complexity index is 317. The summed E-state index contributed by atoms with van der Waals surface area (Å²) in [5.41, 5.74) is 6.01. The van der Waals surface area contributed by atoms with Crippen molar-refractivity contribution < 1.29 is 9.90 Å². The van der Waals surface area contributed by atoms with Gasteiger partial charge in [-0.3, -0.25) is 9.69 Å². The van der Waals surface area contributed by atoms with Crippen molar-refractivity contribution in [3.63, 3.8) is 0 Å². The molecule has 22 heavy (non-hydrogen) atoms. The third-order valence-electron chi connectivity index (χ3n) is 3.93. The van der Waals surface area contributed by atoms with Crippen molar-refractivity contribution in [3.8, 4) is 0 Å². The number of aliphatic hydroxyl groups is 1. The number of nitrogens with zero attached hydrogens (tertiary/aromatic N) is 2. The summed E-state index contributed by atoms with van der Waals surface area (Å²) in [6.07, 6.45) is 1.40. The molecule has 0 aromatic rings. The van der Waals surface area contributed by atoms with Gasteiger partial charge in [-0.25, -0.2) is 0 Å². The highest BCUT2D eigenvalue weighted by atomic mass is 35.5. The van der Waals surface area contributed by atoms with Crippen LogP contribution in [0.3, 0.4) is 0 Å². The van der Waals surface area contributed by atoms with Crippen LogP contribution in [-0.2, 0) is 4.79 Å². The van der Waals surface area contributed by atoms with E-state index in [1.54, 1.807) is 0 Å². The molecule has 0 spiro atoms. The molecular formula is C15H33Cl2N3O2. The minimum absolute atomic E-state index is 0. The summed E-state index contributed by atoms with van der Waals surface area (Å²) in [6, 6.07) is -0.0515. The topological polar surface area (TPSA) is 69.8 Å². The summed E-state index contributed by atoms with van der Waals surface area (Å²) >= 11 is 0. The van der Waals surface area contributed by atoms with Crippen LogP contribution in [0.15, 0.2) is 0 Å². The molecule has 1 fully saturated rings. The van der Waals surface area contributed by atoms with Crippen LogP contribution in [0.25, 0.3) is 0 Å². The summed E-state index contributed by atoms with van der Waals surface area (Å²) in [5, 5.41) is 9.54. The van der Waals surface area contributed by atoms with Crippen LogP contribution >= 0.6 is 24.8 Å². The maximum Gasteiger partial charge on any atom is 0.239 e. The van der Waals surface area contributed by atoms with Crippen LogP contribution in [0.5, 0.6) is 0 Å². The van der Waals surface area contributed by atoms with Crippen molar-refractivity contribution in [1.29, 1.82) is 0 Å². The number of nitrogens with two attached hydrogens (primary N) is 1. The molecule has 134 valence electrons. The first-order chi connectivity index (χ1) is 9.35. The number of β-amino-alcohol motifs (C(OH)–C–C–N with tert-alkyl or cyclic N) is 1. The number of rotatable bonds is 6. The molecule has 0 aromatic heterocycles. The Morgan fingerprint density at radius 3 is 2.32 bits per heavy atom. The third kappa shape index (κ3) is 7.47. The number of piperazine rings is 1. The molecule has 1 amide bonds. The maximum atomic E-state index is 12.4. The van der Waals surface area contributed by atoms with E-state index in [1.807, 2.05) is 11.8 Å². The largest absolute Gasteiger partial charge is 0.392 e. The molecule has 0 radical (unpaired) electrons. The molecule has 3 atom stereocenters. The first-order valence-corrected chi connectivity index (χ1v) is 7.81. The number of hydrogen-bond acceptors (Lipinski definition) is 4. The summed E-state index contributed by atoms with van der Waals surface area (Å²) in [6.45, 7) is 11.1. The Labute approximate surface area is 147 Å². The summed E-state index contributed by atoms with van der Waals surface area (Å²) < 4.78 is 0. The molecule has 1 aliphatic heterocycles. The monoisotopic (exact) mass is 357 g/mol. The van der Waals surface area contributed by atoms with Crippen LogP contribution in [0, 0.1) is 5.92 Å². The van der Waals surface area contributed by atoms with Gasteiger partial charge in [0.15, 0.2) is 0 Å². The van der Waals surface area contributed by atoms with E-state index in [0.29, 0.717) is 25.0 Å². The standard InChI is InChI=1S/C15H31N3O2.2ClH/c1-5-13-10-18(7-6-17(13)9-12(4)19)15(20)14(16)8-11(2)3;;/h11-14,19H,5-10,16H2,1-4H3;2*1H/t12?,13?,14-;;/m0../s1. The fourth-order valence-corrected chi connectivity index (χ4v) is 2.90. The quantitative estimate of drug-likeness (QED) is 0.755. The van der Waals surface area contributed by atoms with Gasteiger partial charge in [0.1, 0.15) is 0 Å². The van der Waals surface area contributed by atoms with Crippen molar-refractivity contribution in [2.75, 3.05) is 26.2 Å². The van der Waals surface area contributed by atoms with Crippen molar-refractivity contribution in [2.24, 2.45) is 11.7 Å². The number of carbonyl (C=O) groups excluding carboxylic acids is 1. The smallest absolute Gasteiger partial charge is 0.239 e. The van der Waals surface area contributed by atoms with Gasteiger partial charge in [-0.05, 0) is 25.7 Å². The molecule has 1 heterocycles. The number of halogens is 2. The molecule has 2 unspecified atom stereocenters. The maximum absolute atomic E-state index is 12.4. The molecule has 7 heteroatoms. The Kier molecular flexibility index (Phi) is 12.6. The van der Waals surface area contributed by atoms with E-state index in [2.05, 4.69) is 25.7 Å². The lowest BCUT2D eigenvalue weighted by Gasteiger charge is -2.42. The highest BCUT2D eigenvalue weighted by molar-refractivity contribution is 5.85. The van der Waals surface area contributed by atoms with Crippen LogP contribution in [-0.4, -0.2) is 65.2 Å².